The van der Waals surface area contributed by atoms with E-state index in [-0.39, 0.29) is 23.9 Å². The molecule has 2 amide bonds. The van der Waals surface area contributed by atoms with Gasteiger partial charge in [0, 0.05) is 10.9 Å². The predicted octanol–water partition coefficient (Wildman–Crippen LogP) is 2.12. The average Bonchev–Trinajstić information content (AvgIpc) is 3.34. The molecule has 0 saturated carbocycles. The molecule has 9 heteroatoms. The fourth-order valence-corrected chi connectivity index (χ4v) is 2.86. The number of aromatic nitrogens is 1. The number of hydrogen-bond acceptors (Lipinski definition) is 7. The Morgan fingerprint density at radius 2 is 2.04 bits per heavy atom. The standard InChI is InChI=1S/C16H13N3O5S/c1-9-7-13(19-24-9)18-16(22)15(21)17-8-10-4-5-12(25-10)14(20)11-3-2-6-23-11/h2-7H,8H2,1H3,(H,17,21)(H,18,19,22). The maximum Gasteiger partial charge on any atom is 0.314 e. The van der Waals surface area contributed by atoms with Crippen molar-refractivity contribution in [3.63, 3.8) is 0 Å². The zero-order valence-corrected chi connectivity index (χ0v) is 13.9. The van der Waals surface area contributed by atoms with Crippen LogP contribution in [0.2, 0.25) is 0 Å². The van der Waals surface area contributed by atoms with Gasteiger partial charge in [-0.25, -0.2) is 0 Å². The molecule has 2 N–H and O–H groups in total. The van der Waals surface area contributed by atoms with Crippen LogP contribution in [0.5, 0.6) is 0 Å². The summed E-state index contributed by atoms with van der Waals surface area (Å²) in [7, 11) is 0. The zero-order chi connectivity index (χ0) is 17.8. The third-order valence-corrected chi connectivity index (χ3v) is 4.21. The fraction of sp³-hybridized carbons (Fsp3) is 0.125. The molecule has 0 bridgehead atoms. The summed E-state index contributed by atoms with van der Waals surface area (Å²) in [6.45, 7) is 1.79. The summed E-state index contributed by atoms with van der Waals surface area (Å²) in [4.78, 5) is 36.9. The molecule has 0 aliphatic carbocycles. The molecule has 0 unspecified atom stereocenters. The van der Waals surface area contributed by atoms with Crippen molar-refractivity contribution in [1.82, 2.24) is 10.5 Å². The van der Waals surface area contributed by atoms with Crippen LogP contribution < -0.4 is 10.6 Å². The number of carbonyl (C=O) groups is 3. The van der Waals surface area contributed by atoms with E-state index in [0.717, 1.165) is 4.88 Å². The van der Waals surface area contributed by atoms with Gasteiger partial charge in [0.1, 0.15) is 5.76 Å². The molecule has 8 nitrogen and oxygen atoms in total. The van der Waals surface area contributed by atoms with Gasteiger partial charge in [-0.3, -0.25) is 19.7 Å². The van der Waals surface area contributed by atoms with Crippen LogP contribution in [-0.4, -0.2) is 22.8 Å². The van der Waals surface area contributed by atoms with Gasteiger partial charge in [0.05, 0.1) is 17.7 Å². The minimum atomic E-state index is -0.850. The molecule has 0 saturated heterocycles. The Morgan fingerprint density at radius 3 is 2.72 bits per heavy atom. The fourth-order valence-electron chi connectivity index (χ4n) is 1.97. The number of nitrogens with zero attached hydrogens (tertiary/aromatic N) is 1. The van der Waals surface area contributed by atoms with E-state index in [1.54, 1.807) is 31.2 Å². The van der Waals surface area contributed by atoms with Crippen molar-refractivity contribution >= 4 is 34.8 Å². The number of carbonyl (C=O) groups excluding carboxylic acids is 3. The summed E-state index contributed by atoms with van der Waals surface area (Å²) in [6.07, 6.45) is 1.43. The van der Waals surface area contributed by atoms with E-state index in [4.69, 9.17) is 8.94 Å². The number of rotatable bonds is 5. The molecule has 0 atom stereocenters. The Morgan fingerprint density at radius 1 is 1.20 bits per heavy atom. The molecular formula is C16H13N3O5S. The Kier molecular flexibility index (Phi) is 4.75. The molecular weight excluding hydrogens is 346 g/mol. The van der Waals surface area contributed by atoms with E-state index in [1.807, 2.05) is 0 Å². The van der Waals surface area contributed by atoms with E-state index < -0.39 is 11.8 Å². The lowest BCUT2D eigenvalue weighted by Gasteiger charge is -2.02. The highest BCUT2D eigenvalue weighted by atomic mass is 32.1. The highest BCUT2D eigenvalue weighted by Gasteiger charge is 2.17. The molecule has 3 aromatic heterocycles. The number of aryl methyl sites for hydroxylation is 1. The van der Waals surface area contributed by atoms with Crippen molar-refractivity contribution < 1.29 is 23.3 Å². The Bertz CT molecular complexity index is 910. The Balaban J connectivity index is 1.54. The van der Waals surface area contributed by atoms with Crippen LogP contribution in [0.25, 0.3) is 0 Å². The van der Waals surface area contributed by atoms with Gasteiger partial charge in [-0.1, -0.05) is 5.16 Å². The van der Waals surface area contributed by atoms with Gasteiger partial charge in [0.25, 0.3) is 0 Å². The number of hydrogen-bond donors (Lipinski definition) is 2. The minimum Gasteiger partial charge on any atom is -0.461 e. The monoisotopic (exact) mass is 359 g/mol. The van der Waals surface area contributed by atoms with Crippen LogP contribution in [-0.2, 0) is 16.1 Å². The smallest absolute Gasteiger partial charge is 0.314 e. The molecule has 0 aliphatic rings. The molecule has 3 aromatic rings. The maximum atomic E-state index is 12.1. The second-order valence-corrected chi connectivity index (χ2v) is 6.20. The van der Waals surface area contributed by atoms with Crippen molar-refractivity contribution in [2.45, 2.75) is 13.5 Å². The van der Waals surface area contributed by atoms with Crippen molar-refractivity contribution in [1.29, 1.82) is 0 Å². The summed E-state index contributed by atoms with van der Waals surface area (Å²) in [5.41, 5.74) is 0. The number of anilines is 1. The number of ketones is 1. The van der Waals surface area contributed by atoms with Crippen LogP contribution in [0.15, 0.2) is 45.5 Å². The van der Waals surface area contributed by atoms with Crippen LogP contribution in [0.4, 0.5) is 5.82 Å². The minimum absolute atomic E-state index is 0.125. The zero-order valence-electron chi connectivity index (χ0n) is 13.1. The third-order valence-electron chi connectivity index (χ3n) is 3.13. The van der Waals surface area contributed by atoms with E-state index in [9.17, 15) is 14.4 Å². The van der Waals surface area contributed by atoms with Gasteiger partial charge in [0.2, 0.25) is 5.78 Å². The predicted molar refractivity (Wildman–Crippen MR) is 88.2 cm³/mol. The first-order valence-electron chi connectivity index (χ1n) is 7.22. The lowest BCUT2D eigenvalue weighted by molar-refractivity contribution is -0.136. The first kappa shape index (κ1) is 16.7. The van der Waals surface area contributed by atoms with Crippen molar-refractivity contribution in [2.24, 2.45) is 0 Å². The van der Waals surface area contributed by atoms with Gasteiger partial charge in [-0.2, -0.15) is 0 Å². The van der Waals surface area contributed by atoms with Crippen LogP contribution >= 0.6 is 11.3 Å². The second-order valence-electron chi connectivity index (χ2n) is 5.03. The van der Waals surface area contributed by atoms with Gasteiger partial charge < -0.3 is 14.3 Å². The molecule has 0 spiro atoms. The Labute approximate surface area is 145 Å². The van der Waals surface area contributed by atoms with E-state index in [1.165, 1.54) is 23.7 Å². The van der Waals surface area contributed by atoms with Crippen molar-refractivity contribution in [3.05, 3.63) is 57.9 Å². The summed E-state index contributed by atoms with van der Waals surface area (Å²) in [6, 6.07) is 8.07. The molecule has 3 rings (SSSR count). The lowest BCUT2D eigenvalue weighted by atomic mass is 10.2. The van der Waals surface area contributed by atoms with E-state index in [0.29, 0.717) is 10.6 Å². The van der Waals surface area contributed by atoms with Crippen LogP contribution in [0.1, 0.15) is 26.1 Å². The normalized spacial score (nSPS) is 10.4. The molecule has 0 aromatic carbocycles. The lowest BCUT2D eigenvalue weighted by Crippen LogP contribution is -2.34. The van der Waals surface area contributed by atoms with E-state index >= 15 is 0 Å². The molecule has 3 heterocycles. The summed E-state index contributed by atoms with van der Waals surface area (Å²) in [5.74, 6) is -0.959. The van der Waals surface area contributed by atoms with Gasteiger partial charge >= 0.3 is 11.8 Å². The topological polar surface area (TPSA) is 114 Å². The molecule has 0 fully saturated rings. The quantitative estimate of drug-likeness (QED) is 0.533. The van der Waals surface area contributed by atoms with Crippen molar-refractivity contribution in [2.75, 3.05) is 5.32 Å². The molecule has 25 heavy (non-hydrogen) atoms. The van der Waals surface area contributed by atoms with Gasteiger partial charge in [0.15, 0.2) is 11.6 Å². The summed E-state index contributed by atoms with van der Waals surface area (Å²) in [5, 5.41) is 8.37. The number of furan rings is 1. The number of thiophene rings is 1. The van der Waals surface area contributed by atoms with Crippen LogP contribution in [0, 0.1) is 6.92 Å². The second kappa shape index (κ2) is 7.14. The van der Waals surface area contributed by atoms with Crippen LogP contribution in [0.3, 0.4) is 0 Å². The highest BCUT2D eigenvalue weighted by molar-refractivity contribution is 7.14. The number of amides is 2. The first-order valence-corrected chi connectivity index (χ1v) is 8.04. The molecule has 0 radical (unpaired) electrons. The van der Waals surface area contributed by atoms with Crippen molar-refractivity contribution in [3.8, 4) is 0 Å². The average molecular weight is 359 g/mol. The first-order chi connectivity index (χ1) is 12.0. The third kappa shape index (κ3) is 4.01. The molecule has 0 aliphatic heterocycles. The van der Waals surface area contributed by atoms with Gasteiger partial charge in [-0.05, 0) is 31.2 Å². The maximum absolute atomic E-state index is 12.1. The SMILES string of the molecule is Cc1cc(NC(=O)C(=O)NCc2ccc(C(=O)c3ccco3)s2)no1. The molecule has 128 valence electrons. The highest BCUT2D eigenvalue weighted by Crippen LogP contribution is 2.20. The summed E-state index contributed by atoms with van der Waals surface area (Å²) < 4.78 is 9.86. The van der Waals surface area contributed by atoms with E-state index in [2.05, 4.69) is 15.8 Å². The Hall–Kier alpha value is -3.20. The summed E-state index contributed by atoms with van der Waals surface area (Å²) >= 11 is 1.22. The van der Waals surface area contributed by atoms with Gasteiger partial charge in [-0.15, -0.1) is 11.3 Å². The number of nitrogens with one attached hydrogen (secondary N) is 2. The largest absolute Gasteiger partial charge is 0.461 e.